The monoisotopic (exact) mass is 257 g/mol. The lowest BCUT2D eigenvalue weighted by Gasteiger charge is -2.10. The van der Waals surface area contributed by atoms with Gasteiger partial charge in [-0.05, 0) is 30.7 Å². The number of hydrogen-bond donors (Lipinski definition) is 1. The predicted octanol–water partition coefficient (Wildman–Crippen LogP) is 2.59. The largest absolute Gasteiger partial charge is 0.340 e. The minimum Gasteiger partial charge on any atom is -0.340 e. The number of hydrogen-bond acceptors (Lipinski definition) is 5. The number of nitrogens with one attached hydrogen (secondary N) is 1. The Labute approximate surface area is 110 Å². The van der Waals surface area contributed by atoms with Crippen LogP contribution in [0.3, 0.4) is 0 Å². The molecule has 0 spiro atoms. The zero-order chi connectivity index (χ0) is 13.8. The van der Waals surface area contributed by atoms with Crippen LogP contribution >= 0.6 is 0 Å². The molecule has 0 bridgehead atoms. The van der Waals surface area contributed by atoms with E-state index in [1.54, 1.807) is 32.2 Å². The summed E-state index contributed by atoms with van der Waals surface area (Å²) >= 11 is 0. The molecule has 1 N–H and O–H groups in total. The number of anilines is 3. The molecule has 19 heavy (non-hydrogen) atoms. The Bertz CT molecular complexity index is 635. The van der Waals surface area contributed by atoms with Gasteiger partial charge in [-0.1, -0.05) is 0 Å². The van der Waals surface area contributed by atoms with Gasteiger partial charge in [0, 0.05) is 18.8 Å². The van der Waals surface area contributed by atoms with Crippen LogP contribution in [0, 0.1) is 24.2 Å². The molecule has 0 aliphatic heterocycles. The number of halogens is 1. The second-order valence-electron chi connectivity index (χ2n) is 4.01. The molecule has 1 aromatic heterocycles. The van der Waals surface area contributed by atoms with Crippen molar-refractivity contribution in [2.45, 2.75) is 6.92 Å². The third-order valence-electron chi connectivity index (χ3n) is 2.58. The van der Waals surface area contributed by atoms with Crippen molar-refractivity contribution < 1.29 is 4.39 Å². The van der Waals surface area contributed by atoms with Gasteiger partial charge in [-0.2, -0.15) is 5.26 Å². The van der Waals surface area contributed by atoms with Gasteiger partial charge in [-0.25, -0.2) is 14.4 Å². The minimum atomic E-state index is -0.252. The second kappa shape index (κ2) is 5.31. The van der Waals surface area contributed by atoms with Crippen molar-refractivity contribution in [3.05, 3.63) is 42.0 Å². The number of nitriles is 1. The highest BCUT2D eigenvalue weighted by Gasteiger charge is 2.04. The molecule has 5 nitrogen and oxygen atoms in total. The lowest BCUT2D eigenvalue weighted by Crippen LogP contribution is -2.10. The van der Waals surface area contributed by atoms with Gasteiger partial charge in [-0.15, -0.1) is 0 Å². The maximum absolute atomic E-state index is 13.2. The van der Waals surface area contributed by atoms with Crippen molar-refractivity contribution in [1.82, 2.24) is 9.97 Å². The molecule has 0 saturated carbocycles. The molecule has 0 unspecified atom stereocenters. The molecular formula is C13H12FN5. The van der Waals surface area contributed by atoms with E-state index in [-0.39, 0.29) is 5.82 Å². The highest BCUT2D eigenvalue weighted by Crippen LogP contribution is 2.19. The van der Waals surface area contributed by atoms with Gasteiger partial charge in [0.2, 0.25) is 0 Å². The Hall–Kier alpha value is -2.68. The number of benzene rings is 1. The van der Waals surface area contributed by atoms with Crippen LogP contribution in [0.1, 0.15) is 5.56 Å². The molecular weight excluding hydrogens is 245 g/mol. The number of aromatic nitrogens is 2. The molecule has 0 aliphatic carbocycles. The Kier molecular flexibility index (Phi) is 3.57. The topological polar surface area (TPSA) is 64.8 Å². The van der Waals surface area contributed by atoms with E-state index in [1.807, 2.05) is 6.19 Å². The number of aryl methyl sites for hydroxylation is 1. The fraction of sp³-hybridized carbons (Fsp3) is 0.154. The fourth-order valence-electron chi connectivity index (χ4n) is 1.52. The summed E-state index contributed by atoms with van der Waals surface area (Å²) in [6.45, 7) is 1.69. The van der Waals surface area contributed by atoms with Crippen LogP contribution in [0.4, 0.5) is 21.7 Å². The Morgan fingerprint density at radius 3 is 2.79 bits per heavy atom. The summed E-state index contributed by atoms with van der Waals surface area (Å²) in [5, 5.41) is 11.8. The lowest BCUT2D eigenvalue weighted by atomic mass is 10.2. The maximum atomic E-state index is 13.2. The predicted molar refractivity (Wildman–Crippen MR) is 70.5 cm³/mol. The standard InChI is InChI=1S/C13H12FN5/c1-9-5-10(3-4-11(9)14)18-12-6-13(17-8-16-12)19(2)7-15/h3-6,8H,1-2H3,(H,16,17,18). The highest BCUT2D eigenvalue weighted by molar-refractivity contribution is 5.60. The molecule has 0 aliphatic rings. The van der Waals surface area contributed by atoms with Crippen molar-refractivity contribution in [2.24, 2.45) is 0 Å². The molecule has 0 amide bonds. The van der Waals surface area contributed by atoms with E-state index in [1.165, 1.54) is 17.3 Å². The van der Waals surface area contributed by atoms with E-state index >= 15 is 0 Å². The highest BCUT2D eigenvalue weighted by atomic mass is 19.1. The summed E-state index contributed by atoms with van der Waals surface area (Å²) in [6.07, 6.45) is 3.32. The second-order valence-corrected chi connectivity index (χ2v) is 4.01. The summed E-state index contributed by atoms with van der Waals surface area (Å²) in [7, 11) is 1.61. The van der Waals surface area contributed by atoms with Crippen LogP contribution in [0.25, 0.3) is 0 Å². The Balaban J connectivity index is 2.24. The molecule has 2 rings (SSSR count). The molecule has 0 fully saturated rings. The van der Waals surface area contributed by atoms with Gasteiger partial charge >= 0.3 is 0 Å². The SMILES string of the molecule is Cc1cc(Nc2cc(N(C)C#N)ncn2)ccc1F. The van der Waals surface area contributed by atoms with Crippen LogP contribution in [-0.2, 0) is 0 Å². The third kappa shape index (κ3) is 2.96. The smallest absolute Gasteiger partial charge is 0.185 e. The zero-order valence-corrected chi connectivity index (χ0v) is 10.6. The first kappa shape index (κ1) is 12.8. The van der Waals surface area contributed by atoms with Crippen LogP contribution in [0.5, 0.6) is 0 Å². The molecule has 6 heteroatoms. The minimum absolute atomic E-state index is 0.252. The van der Waals surface area contributed by atoms with Crippen molar-refractivity contribution in [2.75, 3.05) is 17.3 Å². The summed E-state index contributed by atoms with van der Waals surface area (Å²) < 4.78 is 13.2. The lowest BCUT2D eigenvalue weighted by molar-refractivity contribution is 0.619. The van der Waals surface area contributed by atoms with Gasteiger partial charge in [0.15, 0.2) is 6.19 Å². The zero-order valence-electron chi connectivity index (χ0n) is 10.6. The third-order valence-corrected chi connectivity index (χ3v) is 2.58. The van der Waals surface area contributed by atoms with Gasteiger partial charge in [-0.3, -0.25) is 4.90 Å². The number of nitrogens with zero attached hydrogens (tertiary/aromatic N) is 4. The van der Waals surface area contributed by atoms with Gasteiger partial charge in [0.05, 0.1) is 0 Å². The van der Waals surface area contributed by atoms with Crippen molar-refractivity contribution >= 4 is 17.3 Å². The summed E-state index contributed by atoms with van der Waals surface area (Å²) in [5.74, 6) is 0.773. The van der Waals surface area contributed by atoms with Crippen molar-refractivity contribution in [3.8, 4) is 6.19 Å². The van der Waals surface area contributed by atoms with Crippen molar-refractivity contribution in [3.63, 3.8) is 0 Å². The Morgan fingerprint density at radius 1 is 1.32 bits per heavy atom. The van der Waals surface area contributed by atoms with Gasteiger partial charge < -0.3 is 5.32 Å². The Morgan fingerprint density at radius 2 is 2.11 bits per heavy atom. The average Bonchev–Trinajstić information content (AvgIpc) is 2.42. The maximum Gasteiger partial charge on any atom is 0.185 e. The van der Waals surface area contributed by atoms with Crippen LogP contribution in [0.15, 0.2) is 30.6 Å². The molecule has 2 aromatic rings. The van der Waals surface area contributed by atoms with E-state index < -0.39 is 0 Å². The molecule has 96 valence electrons. The molecule has 1 aromatic carbocycles. The van der Waals surface area contributed by atoms with E-state index in [0.29, 0.717) is 17.2 Å². The van der Waals surface area contributed by atoms with Crippen molar-refractivity contribution in [1.29, 1.82) is 5.26 Å². The molecule has 1 heterocycles. The van der Waals surface area contributed by atoms with E-state index in [4.69, 9.17) is 5.26 Å². The van der Waals surface area contributed by atoms with E-state index in [0.717, 1.165) is 5.69 Å². The van der Waals surface area contributed by atoms with Crippen LogP contribution in [-0.4, -0.2) is 17.0 Å². The van der Waals surface area contributed by atoms with Gasteiger partial charge in [0.1, 0.15) is 23.8 Å². The summed E-state index contributed by atoms with van der Waals surface area (Å²) in [5.41, 5.74) is 1.27. The van der Waals surface area contributed by atoms with E-state index in [2.05, 4.69) is 15.3 Å². The average molecular weight is 257 g/mol. The van der Waals surface area contributed by atoms with Crippen LogP contribution < -0.4 is 10.2 Å². The number of rotatable bonds is 3. The molecule has 0 atom stereocenters. The first-order valence-corrected chi connectivity index (χ1v) is 5.59. The quantitative estimate of drug-likeness (QED) is 0.676. The van der Waals surface area contributed by atoms with Gasteiger partial charge in [0.25, 0.3) is 0 Å². The molecule has 0 radical (unpaired) electrons. The normalized spacial score (nSPS) is 9.79. The first-order chi connectivity index (χ1) is 9.10. The summed E-state index contributed by atoms with van der Waals surface area (Å²) in [6, 6.07) is 6.34. The van der Waals surface area contributed by atoms with Crippen LogP contribution in [0.2, 0.25) is 0 Å². The molecule has 0 saturated heterocycles. The first-order valence-electron chi connectivity index (χ1n) is 5.59. The fourth-order valence-corrected chi connectivity index (χ4v) is 1.52. The van der Waals surface area contributed by atoms with E-state index in [9.17, 15) is 4.39 Å². The summed E-state index contributed by atoms with van der Waals surface area (Å²) in [4.78, 5) is 9.35.